The maximum absolute atomic E-state index is 13.4. The standard InChI is InChI=1S/C24H22FN5O/c1-28-13-18(12-26-28)21-15-30(14-17-5-3-4-6-20(17)21)24(31)22-11-23(29(2)27-22)16-7-9-19(25)10-8-16/h3-13,21H,14-15H2,1-2H3. The SMILES string of the molecule is Cn1cc(C2CN(C(=O)c3cc(-c4ccc(F)cc4)n(C)n3)Cc3ccccc32)cn1. The van der Waals surface area contributed by atoms with Crippen LogP contribution in [0.5, 0.6) is 0 Å². The normalized spacial score (nSPS) is 15.7. The third kappa shape index (κ3) is 3.52. The Bertz CT molecular complexity index is 1260. The molecule has 0 radical (unpaired) electrons. The summed E-state index contributed by atoms with van der Waals surface area (Å²) in [5.74, 6) is -0.356. The summed E-state index contributed by atoms with van der Waals surface area (Å²) in [6, 6.07) is 16.2. The highest BCUT2D eigenvalue weighted by molar-refractivity contribution is 5.93. The lowest BCUT2D eigenvalue weighted by Crippen LogP contribution is -2.38. The Labute approximate surface area is 179 Å². The Balaban J connectivity index is 1.47. The smallest absolute Gasteiger partial charge is 0.274 e. The molecule has 3 heterocycles. The van der Waals surface area contributed by atoms with Crippen LogP contribution in [-0.2, 0) is 20.6 Å². The number of benzene rings is 2. The van der Waals surface area contributed by atoms with E-state index in [1.54, 1.807) is 34.6 Å². The lowest BCUT2D eigenvalue weighted by atomic mass is 9.86. The van der Waals surface area contributed by atoms with Gasteiger partial charge in [-0.2, -0.15) is 10.2 Å². The van der Waals surface area contributed by atoms with Crippen LogP contribution in [0.25, 0.3) is 11.3 Å². The summed E-state index contributed by atoms with van der Waals surface area (Å²) in [6.45, 7) is 1.10. The number of amides is 1. The minimum atomic E-state index is -0.296. The molecule has 2 aromatic carbocycles. The predicted octanol–water partition coefficient (Wildman–Crippen LogP) is 3.75. The van der Waals surface area contributed by atoms with Gasteiger partial charge in [0.05, 0.1) is 11.9 Å². The lowest BCUT2D eigenvalue weighted by Gasteiger charge is -2.34. The second kappa shape index (κ2) is 7.50. The molecule has 31 heavy (non-hydrogen) atoms. The molecule has 0 aliphatic carbocycles. The van der Waals surface area contributed by atoms with E-state index in [2.05, 4.69) is 22.3 Å². The van der Waals surface area contributed by atoms with Gasteiger partial charge in [-0.3, -0.25) is 14.2 Å². The number of hydrogen-bond donors (Lipinski definition) is 0. The Morgan fingerprint density at radius 1 is 1.10 bits per heavy atom. The van der Waals surface area contributed by atoms with Gasteiger partial charge in [-0.1, -0.05) is 24.3 Å². The van der Waals surface area contributed by atoms with Crippen LogP contribution in [0.15, 0.2) is 67.0 Å². The molecule has 4 aromatic rings. The summed E-state index contributed by atoms with van der Waals surface area (Å²) in [4.78, 5) is 15.3. The first kappa shape index (κ1) is 19.2. The first-order valence-electron chi connectivity index (χ1n) is 10.1. The van der Waals surface area contributed by atoms with Crippen molar-refractivity contribution >= 4 is 5.91 Å². The van der Waals surface area contributed by atoms with Crippen molar-refractivity contribution in [2.75, 3.05) is 6.54 Å². The van der Waals surface area contributed by atoms with Gasteiger partial charge in [0.2, 0.25) is 0 Å². The molecule has 0 saturated carbocycles. The third-order valence-corrected chi connectivity index (χ3v) is 5.85. The molecule has 1 aliphatic rings. The molecule has 0 spiro atoms. The zero-order chi connectivity index (χ0) is 21.5. The van der Waals surface area contributed by atoms with Crippen LogP contribution >= 0.6 is 0 Å². The first-order chi connectivity index (χ1) is 15.0. The molecule has 0 bridgehead atoms. The first-order valence-corrected chi connectivity index (χ1v) is 10.1. The highest BCUT2D eigenvalue weighted by Crippen LogP contribution is 2.34. The highest BCUT2D eigenvalue weighted by atomic mass is 19.1. The van der Waals surface area contributed by atoms with E-state index in [0.717, 1.165) is 22.4 Å². The van der Waals surface area contributed by atoms with Crippen molar-refractivity contribution in [1.82, 2.24) is 24.5 Å². The predicted molar refractivity (Wildman–Crippen MR) is 115 cm³/mol. The van der Waals surface area contributed by atoms with Crippen LogP contribution in [0.2, 0.25) is 0 Å². The minimum Gasteiger partial charge on any atom is -0.332 e. The fourth-order valence-electron chi connectivity index (χ4n) is 4.29. The number of rotatable bonds is 3. The molecular formula is C24H22FN5O. The number of aromatic nitrogens is 4. The molecular weight excluding hydrogens is 393 g/mol. The fraction of sp³-hybridized carbons (Fsp3) is 0.208. The van der Waals surface area contributed by atoms with Crippen molar-refractivity contribution in [3.05, 3.63) is 95.2 Å². The van der Waals surface area contributed by atoms with Crippen molar-refractivity contribution in [2.24, 2.45) is 14.1 Å². The van der Waals surface area contributed by atoms with Crippen LogP contribution in [0, 0.1) is 5.82 Å². The Hall–Kier alpha value is -3.74. The molecule has 1 aliphatic heterocycles. The van der Waals surface area contributed by atoms with Crippen LogP contribution in [0.4, 0.5) is 4.39 Å². The van der Waals surface area contributed by atoms with Gasteiger partial charge in [-0.25, -0.2) is 4.39 Å². The van der Waals surface area contributed by atoms with Crippen LogP contribution in [-0.4, -0.2) is 36.9 Å². The number of halogens is 1. The lowest BCUT2D eigenvalue weighted by molar-refractivity contribution is 0.0718. The van der Waals surface area contributed by atoms with Crippen molar-refractivity contribution in [1.29, 1.82) is 0 Å². The zero-order valence-corrected chi connectivity index (χ0v) is 17.4. The molecule has 0 fully saturated rings. The molecule has 5 rings (SSSR count). The van der Waals surface area contributed by atoms with Crippen molar-refractivity contribution in [3.63, 3.8) is 0 Å². The zero-order valence-electron chi connectivity index (χ0n) is 17.4. The Morgan fingerprint density at radius 3 is 2.61 bits per heavy atom. The van der Waals surface area contributed by atoms with E-state index in [1.165, 1.54) is 17.7 Å². The minimum absolute atomic E-state index is 0.0582. The van der Waals surface area contributed by atoms with E-state index in [-0.39, 0.29) is 17.6 Å². The summed E-state index contributed by atoms with van der Waals surface area (Å²) < 4.78 is 16.7. The summed E-state index contributed by atoms with van der Waals surface area (Å²) in [6.07, 6.45) is 3.87. The quantitative estimate of drug-likeness (QED) is 0.512. The number of aryl methyl sites for hydroxylation is 2. The number of hydrogen-bond acceptors (Lipinski definition) is 3. The van der Waals surface area contributed by atoms with Gasteiger partial charge in [-0.15, -0.1) is 0 Å². The fourth-order valence-corrected chi connectivity index (χ4v) is 4.29. The molecule has 156 valence electrons. The Morgan fingerprint density at radius 2 is 1.87 bits per heavy atom. The van der Waals surface area contributed by atoms with E-state index in [4.69, 9.17) is 0 Å². The van der Waals surface area contributed by atoms with Gasteiger partial charge in [0, 0.05) is 39.3 Å². The summed E-state index contributed by atoms with van der Waals surface area (Å²) in [5.41, 5.74) is 5.40. The van der Waals surface area contributed by atoms with Crippen molar-refractivity contribution < 1.29 is 9.18 Å². The van der Waals surface area contributed by atoms with Crippen molar-refractivity contribution in [3.8, 4) is 11.3 Å². The van der Waals surface area contributed by atoms with E-state index < -0.39 is 0 Å². The number of carbonyl (C=O) groups excluding carboxylic acids is 1. The molecule has 1 unspecified atom stereocenters. The van der Waals surface area contributed by atoms with Crippen LogP contribution in [0.3, 0.4) is 0 Å². The third-order valence-electron chi connectivity index (χ3n) is 5.85. The van der Waals surface area contributed by atoms with E-state index >= 15 is 0 Å². The van der Waals surface area contributed by atoms with E-state index in [9.17, 15) is 9.18 Å². The van der Waals surface area contributed by atoms with Gasteiger partial charge in [-0.05, 0) is 52.6 Å². The van der Waals surface area contributed by atoms with Gasteiger partial charge >= 0.3 is 0 Å². The van der Waals surface area contributed by atoms with Gasteiger partial charge in [0.25, 0.3) is 5.91 Å². The second-order valence-corrected chi connectivity index (χ2v) is 7.93. The molecule has 6 nitrogen and oxygen atoms in total. The number of fused-ring (bicyclic) bond motifs is 1. The van der Waals surface area contributed by atoms with Crippen LogP contribution < -0.4 is 0 Å². The maximum atomic E-state index is 13.4. The maximum Gasteiger partial charge on any atom is 0.274 e. The summed E-state index contributed by atoms with van der Waals surface area (Å²) in [5, 5.41) is 8.78. The summed E-state index contributed by atoms with van der Waals surface area (Å²) in [7, 11) is 3.69. The summed E-state index contributed by atoms with van der Waals surface area (Å²) >= 11 is 0. The van der Waals surface area contributed by atoms with Crippen molar-refractivity contribution in [2.45, 2.75) is 12.5 Å². The monoisotopic (exact) mass is 415 g/mol. The Kier molecular flexibility index (Phi) is 4.66. The van der Waals surface area contributed by atoms with E-state index in [0.29, 0.717) is 18.8 Å². The number of nitrogens with zero attached hydrogens (tertiary/aromatic N) is 5. The highest BCUT2D eigenvalue weighted by Gasteiger charge is 2.31. The largest absolute Gasteiger partial charge is 0.332 e. The topological polar surface area (TPSA) is 56.0 Å². The van der Waals surface area contributed by atoms with Gasteiger partial charge in [0.15, 0.2) is 5.69 Å². The molecule has 2 aromatic heterocycles. The second-order valence-electron chi connectivity index (χ2n) is 7.93. The van der Waals surface area contributed by atoms with E-state index in [1.807, 2.05) is 36.5 Å². The molecule has 1 atom stereocenters. The van der Waals surface area contributed by atoms with Crippen LogP contribution in [0.1, 0.15) is 33.1 Å². The molecule has 0 saturated heterocycles. The average molecular weight is 415 g/mol. The molecule has 1 amide bonds. The van der Waals surface area contributed by atoms with Gasteiger partial charge in [0.1, 0.15) is 5.82 Å². The molecule has 7 heteroatoms. The number of carbonyl (C=O) groups is 1. The van der Waals surface area contributed by atoms with Gasteiger partial charge < -0.3 is 4.90 Å². The molecule has 0 N–H and O–H groups in total. The average Bonchev–Trinajstić information content (AvgIpc) is 3.38.